The molecule has 17 heavy (non-hydrogen) atoms. The number of nitrogens with zero attached hydrogens (tertiary/aromatic N) is 2. The molecule has 0 saturated heterocycles. The Kier molecular flexibility index (Phi) is 3.44. The van der Waals surface area contributed by atoms with E-state index < -0.39 is 6.09 Å². The highest BCUT2D eigenvalue weighted by Gasteiger charge is 2.31. The lowest BCUT2D eigenvalue weighted by Crippen LogP contribution is -2.38. The van der Waals surface area contributed by atoms with Gasteiger partial charge in [-0.15, -0.1) is 24.0 Å². The fourth-order valence-electron chi connectivity index (χ4n) is 1.96. The van der Waals surface area contributed by atoms with Crippen LogP contribution in [-0.4, -0.2) is 33.7 Å². The van der Waals surface area contributed by atoms with Crippen molar-refractivity contribution in [3.63, 3.8) is 0 Å². The fraction of sp³-hybridized carbons (Fsp3) is 0.455. The topological polar surface area (TPSA) is 53.4 Å². The zero-order valence-electron chi connectivity index (χ0n) is 9.62. The van der Waals surface area contributed by atoms with Gasteiger partial charge in [-0.1, -0.05) is 19.9 Å². The van der Waals surface area contributed by atoms with E-state index >= 15 is 0 Å². The summed E-state index contributed by atoms with van der Waals surface area (Å²) in [5, 5.41) is 11.1. The minimum absolute atomic E-state index is 0.0624. The summed E-state index contributed by atoms with van der Waals surface area (Å²) in [5.41, 5.74) is 1.82. The second-order valence-corrected chi connectivity index (χ2v) is 5.94. The number of aromatic nitrogens is 1. The van der Waals surface area contributed by atoms with Crippen LogP contribution in [0.2, 0.25) is 0 Å². The molecule has 1 aliphatic rings. The van der Waals surface area contributed by atoms with Gasteiger partial charge in [-0.2, -0.15) is 0 Å². The van der Waals surface area contributed by atoms with Crippen LogP contribution in [0.1, 0.15) is 19.5 Å². The van der Waals surface area contributed by atoms with Gasteiger partial charge in [-0.25, -0.2) is 9.78 Å². The number of rotatable bonds is 2. The quantitative estimate of drug-likeness (QED) is 0.813. The predicted octanol–water partition coefficient (Wildman–Crippen LogP) is 2.83. The Morgan fingerprint density at radius 3 is 2.82 bits per heavy atom. The second-order valence-electron chi connectivity index (χ2n) is 4.35. The average Bonchev–Trinajstić information content (AvgIpc) is 2.82. The normalized spacial score (nSPS) is 19.9. The monoisotopic (exact) mass is 270 g/mol. The molecule has 1 N–H and O–H groups in total. The van der Waals surface area contributed by atoms with E-state index in [0.717, 1.165) is 11.3 Å². The smallest absolute Gasteiger partial charge is 0.408 e. The Hall–Kier alpha value is -1.01. The molecular weight excluding hydrogens is 256 g/mol. The number of thiazole rings is 1. The van der Waals surface area contributed by atoms with Crippen LogP contribution in [0.25, 0.3) is 5.57 Å². The van der Waals surface area contributed by atoms with E-state index in [4.69, 9.17) is 5.11 Å². The molecule has 1 aliphatic heterocycles. The third-order valence-corrected chi connectivity index (χ3v) is 3.88. The summed E-state index contributed by atoms with van der Waals surface area (Å²) < 4.78 is 0.704. The average molecular weight is 270 g/mol. The van der Waals surface area contributed by atoms with E-state index in [0.29, 0.717) is 10.9 Å². The van der Waals surface area contributed by atoms with Crippen LogP contribution in [0, 0.1) is 5.92 Å². The largest absolute Gasteiger partial charge is 0.465 e. The van der Waals surface area contributed by atoms with Crippen molar-refractivity contribution in [3.05, 3.63) is 17.2 Å². The van der Waals surface area contributed by atoms with Gasteiger partial charge in [0.25, 0.3) is 0 Å². The standard InChI is InChI=1S/C11H14N2O2S2/c1-6(2)9-3-7(4-13(9)11(14)15)8-5-17-10(16)12-8/h3,5-6,9H,4H2,1-2H3,(H,12,16)(H,14,15)/t9-/m1/s1. The van der Waals surface area contributed by atoms with Gasteiger partial charge < -0.3 is 5.11 Å². The summed E-state index contributed by atoms with van der Waals surface area (Å²) in [7, 11) is 0. The van der Waals surface area contributed by atoms with Crippen LogP contribution in [0.3, 0.4) is 0 Å². The SMILES string of the molecule is CC(C)[C@H]1C=C(c2csc(S)n2)CN1C(=O)O. The summed E-state index contributed by atoms with van der Waals surface area (Å²) in [5.74, 6) is 0.262. The second kappa shape index (κ2) is 4.70. The lowest BCUT2D eigenvalue weighted by molar-refractivity contribution is 0.135. The van der Waals surface area contributed by atoms with Crippen LogP contribution in [-0.2, 0) is 0 Å². The van der Waals surface area contributed by atoms with Crippen LogP contribution in [0.4, 0.5) is 4.79 Å². The lowest BCUT2D eigenvalue weighted by Gasteiger charge is -2.24. The van der Waals surface area contributed by atoms with Crippen LogP contribution in [0.15, 0.2) is 15.8 Å². The van der Waals surface area contributed by atoms with Crippen molar-refractivity contribution in [3.8, 4) is 0 Å². The van der Waals surface area contributed by atoms with E-state index in [1.54, 1.807) is 0 Å². The molecule has 0 spiro atoms. The maximum absolute atomic E-state index is 11.2. The molecule has 0 radical (unpaired) electrons. The van der Waals surface area contributed by atoms with Crippen molar-refractivity contribution in [1.82, 2.24) is 9.88 Å². The molecule has 1 amide bonds. The summed E-state index contributed by atoms with van der Waals surface area (Å²) in [6.07, 6.45) is 1.12. The van der Waals surface area contributed by atoms with Gasteiger partial charge in [0.05, 0.1) is 18.3 Å². The van der Waals surface area contributed by atoms with Crippen molar-refractivity contribution < 1.29 is 9.90 Å². The van der Waals surface area contributed by atoms with Gasteiger partial charge in [0.2, 0.25) is 0 Å². The van der Waals surface area contributed by atoms with Crippen molar-refractivity contribution in [2.45, 2.75) is 24.2 Å². The first-order chi connectivity index (χ1) is 7.99. The highest BCUT2D eigenvalue weighted by molar-refractivity contribution is 7.82. The van der Waals surface area contributed by atoms with Crippen molar-refractivity contribution in [2.24, 2.45) is 5.92 Å². The molecule has 0 saturated carbocycles. The highest BCUT2D eigenvalue weighted by Crippen LogP contribution is 2.30. The number of carboxylic acid groups (broad SMARTS) is 1. The van der Waals surface area contributed by atoms with Crippen LogP contribution < -0.4 is 0 Å². The van der Waals surface area contributed by atoms with E-state index in [1.807, 2.05) is 25.3 Å². The number of hydrogen-bond acceptors (Lipinski definition) is 4. The Labute approximate surface area is 109 Å². The minimum Gasteiger partial charge on any atom is -0.465 e. The van der Waals surface area contributed by atoms with E-state index in [2.05, 4.69) is 17.6 Å². The summed E-state index contributed by atoms with van der Waals surface area (Å²) >= 11 is 5.63. The molecule has 0 bridgehead atoms. The van der Waals surface area contributed by atoms with Gasteiger partial charge >= 0.3 is 6.09 Å². The molecule has 0 aliphatic carbocycles. The molecule has 0 fully saturated rings. The summed E-state index contributed by atoms with van der Waals surface area (Å²) in [4.78, 5) is 16.9. The van der Waals surface area contributed by atoms with E-state index in [-0.39, 0.29) is 12.0 Å². The Balaban J connectivity index is 2.27. The number of amides is 1. The number of hydrogen-bond donors (Lipinski definition) is 2. The fourth-order valence-corrected chi connectivity index (χ4v) is 2.80. The van der Waals surface area contributed by atoms with Gasteiger partial charge in [-0.05, 0) is 11.5 Å². The van der Waals surface area contributed by atoms with Crippen molar-refractivity contribution in [1.29, 1.82) is 0 Å². The Morgan fingerprint density at radius 1 is 1.71 bits per heavy atom. The van der Waals surface area contributed by atoms with Gasteiger partial charge in [0, 0.05) is 5.38 Å². The van der Waals surface area contributed by atoms with E-state index in [9.17, 15) is 4.79 Å². The molecular formula is C11H14N2O2S2. The van der Waals surface area contributed by atoms with Crippen molar-refractivity contribution in [2.75, 3.05) is 6.54 Å². The summed E-state index contributed by atoms with van der Waals surface area (Å²) in [6.45, 7) is 4.45. The molecule has 6 heteroatoms. The van der Waals surface area contributed by atoms with Crippen LogP contribution in [0.5, 0.6) is 0 Å². The minimum atomic E-state index is -0.878. The van der Waals surface area contributed by atoms with Crippen LogP contribution >= 0.6 is 24.0 Å². The molecule has 1 aromatic heterocycles. The Bertz CT molecular complexity index is 468. The van der Waals surface area contributed by atoms with Crippen molar-refractivity contribution >= 4 is 35.6 Å². The zero-order valence-corrected chi connectivity index (χ0v) is 11.3. The van der Waals surface area contributed by atoms with Gasteiger partial charge in [0.15, 0.2) is 0 Å². The molecule has 4 nitrogen and oxygen atoms in total. The third-order valence-electron chi connectivity index (χ3n) is 2.82. The lowest BCUT2D eigenvalue weighted by atomic mass is 10.0. The van der Waals surface area contributed by atoms with Gasteiger partial charge in [0.1, 0.15) is 4.34 Å². The third kappa shape index (κ3) is 2.47. The van der Waals surface area contributed by atoms with Gasteiger partial charge in [-0.3, -0.25) is 4.90 Å². The highest BCUT2D eigenvalue weighted by atomic mass is 32.2. The maximum Gasteiger partial charge on any atom is 0.408 e. The molecule has 0 aromatic carbocycles. The molecule has 2 heterocycles. The first-order valence-electron chi connectivity index (χ1n) is 5.34. The first-order valence-corrected chi connectivity index (χ1v) is 6.67. The molecule has 2 rings (SSSR count). The molecule has 1 aromatic rings. The molecule has 1 atom stereocenters. The molecule has 92 valence electrons. The Morgan fingerprint density at radius 2 is 2.41 bits per heavy atom. The van der Waals surface area contributed by atoms with E-state index in [1.165, 1.54) is 16.2 Å². The molecule has 0 unspecified atom stereocenters. The number of thiol groups is 1. The predicted molar refractivity (Wildman–Crippen MR) is 70.7 cm³/mol. The number of carbonyl (C=O) groups is 1. The summed E-state index contributed by atoms with van der Waals surface area (Å²) in [6, 6.07) is -0.0624. The first kappa shape index (κ1) is 12.4. The maximum atomic E-state index is 11.2. The zero-order chi connectivity index (χ0) is 12.6.